The van der Waals surface area contributed by atoms with Crippen LogP contribution in [0, 0.1) is 6.92 Å². The Bertz CT molecular complexity index is 207. The third-order valence-corrected chi connectivity index (χ3v) is 1.27. The molecule has 11 heavy (non-hydrogen) atoms. The van der Waals surface area contributed by atoms with Crippen molar-refractivity contribution in [3.8, 4) is 0 Å². The zero-order chi connectivity index (χ0) is 7.56. The summed E-state index contributed by atoms with van der Waals surface area (Å²) in [5, 5.41) is 0. The molecule has 0 unspecified atom stereocenters. The molecule has 62 valence electrons. The van der Waals surface area contributed by atoms with Gasteiger partial charge >= 0.3 is 0 Å². The summed E-state index contributed by atoms with van der Waals surface area (Å²) in [6, 6.07) is -0.0203. The number of hydrogen-bond acceptors (Lipinski definition) is 3. The molecule has 4 heteroatoms. The Hall–Kier alpha value is -0.670. The molecule has 1 aromatic heterocycles. The predicted molar refractivity (Wildman–Crippen MR) is 46.6 cm³/mol. The second kappa shape index (κ2) is 4.26. The fraction of sp³-hybridized carbons (Fsp3) is 0.429. The van der Waals surface area contributed by atoms with Gasteiger partial charge in [0, 0.05) is 12.2 Å². The molecular formula is C7H12ClN3. The fourth-order valence-corrected chi connectivity index (χ4v) is 0.638. The SMILES string of the molecule is Cc1cnc([C@@H](C)N)cn1.Cl. The molecule has 0 amide bonds. The highest BCUT2D eigenvalue weighted by molar-refractivity contribution is 5.85. The predicted octanol–water partition coefficient (Wildman–Crippen LogP) is 1.23. The van der Waals surface area contributed by atoms with Gasteiger partial charge in [-0.25, -0.2) is 0 Å². The van der Waals surface area contributed by atoms with Crippen molar-refractivity contribution in [1.82, 2.24) is 9.97 Å². The zero-order valence-corrected chi connectivity index (χ0v) is 7.43. The number of hydrogen-bond donors (Lipinski definition) is 1. The van der Waals surface area contributed by atoms with E-state index in [1.54, 1.807) is 12.4 Å². The maximum absolute atomic E-state index is 5.56. The largest absolute Gasteiger partial charge is 0.323 e. The van der Waals surface area contributed by atoms with Gasteiger partial charge in [-0.3, -0.25) is 9.97 Å². The van der Waals surface area contributed by atoms with E-state index in [1.165, 1.54) is 0 Å². The topological polar surface area (TPSA) is 51.8 Å². The number of halogens is 1. The summed E-state index contributed by atoms with van der Waals surface area (Å²) in [5.74, 6) is 0. The average Bonchev–Trinajstić information content (AvgIpc) is 1.88. The normalized spacial score (nSPS) is 11.9. The van der Waals surface area contributed by atoms with Crippen molar-refractivity contribution in [2.45, 2.75) is 19.9 Å². The summed E-state index contributed by atoms with van der Waals surface area (Å²) < 4.78 is 0. The van der Waals surface area contributed by atoms with Crippen LogP contribution < -0.4 is 5.73 Å². The minimum Gasteiger partial charge on any atom is -0.323 e. The molecule has 1 atom stereocenters. The number of nitrogens with zero attached hydrogens (tertiary/aromatic N) is 2. The lowest BCUT2D eigenvalue weighted by molar-refractivity contribution is 0.769. The second-order valence-corrected chi connectivity index (χ2v) is 2.37. The highest BCUT2D eigenvalue weighted by Gasteiger charge is 1.98. The molecule has 3 nitrogen and oxygen atoms in total. The van der Waals surface area contributed by atoms with Crippen LogP contribution in [0.15, 0.2) is 12.4 Å². The summed E-state index contributed by atoms with van der Waals surface area (Å²) in [6.07, 6.45) is 3.43. The molecule has 0 saturated heterocycles. The van der Waals surface area contributed by atoms with Crippen LogP contribution in [-0.4, -0.2) is 9.97 Å². The molecule has 2 N–H and O–H groups in total. The van der Waals surface area contributed by atoms with E-state index < -0.39 is 0 Å². The van der Waals surface area contributed by atoms with Crippen LogP contribution in [0.25, 0.3) is 0 Å². The molecule has 0 bridgehead atoms. The van der Waals surface area contributed by atoms with Gasteiger partial charge in [0.2, 0.25) is 0 Å². The van der Waals surface area contributed by atoms with E-state index in [1.807, 2.05) is 13.8 Å². The summed E-state index contributed by atoms with van der Waals surface area (Å²) in [4.78, 5) is 8.15. The van der Waals surface area contributed by atoms with Gasteiger partial charge in [-0.05, 0) is 13.8 Å². The van der Waals surface area contributed by atoms with Gasteiger partial charge in [0.1, 0.15) is 0 Å². The van der Waals surface area contributed by atoms with Gasteiger partial charge in [0.25, 0.3) is 0 Å². The van der Waals surface area contributed by atoms with Crippen molar-refractivity contribution in [2.24, 2.45) is 5.73 Å². The van der Waals surface area contributed by atoms with E-state index >= 15 is 0 Å². The van der Waals surface area contributed by atoms with E-state index in [-0.39, 0.29) is 18.4 Å². The smallest absolute Gasteiger partial charge is 0.0751 e. The second-order valence-electron chi connectivity index (χ2n) is 2.37. The van der Waals surface area contributed by atoms with Gasteiger partial charge in [0.05, 0.1) is 17.6 Å². The highest BCUT2D eigenvalue weighted by Crippen LogP contribution is 2.02. The lowest BCUT2D eigenvalue weighted by Gasteiger charge is -2.01. The molecule has 0 radical (unpaired) electrons. The van der Waals surface area contributed by atoms with Crippen LogP contribution in [0.1, 0.15) is 24.4 Å². The fourth-order valence-electron chi connectivity index (χ4n) is 0.638. The summed E-state index contributed by atoms with van der Waals surface area (Å²) in [6.45, 7) is 3.79. The first-order chi connectivity index (χ1) is 4.70. The Morgan fingerprint density at radius 3 is 2.36 bits per heavy atom. The van der Waals surface area contributed by atoms with Crippen LogP contribution in [0.2, 0.25) is 0 Å². The van der Waals surface area contributed by atoms with Crippen LogP contribution in [-0.2, 0) is 0 Å². The number of aromatic nitrogens is 2. The number of aryl methyl sites for hydroxylation is 1. The van der Waals surface area contributed by atoms with Crippen LogP contribution >= 0.6 is 12.4 Å². The zero-order valence-electron chi connectivity index (χ0n) is 6.61. The van der Waals surface area contributed by atoms with Crippen LogP contribution in [0.3, 0.4) is 0 Å². The van der Waals surface area contributed by atoms with E-state index in [9.17, 15) is 0 Å². The quantitative estimate of drug-likeness (QED) is 0.695. The molecule has 0 aliphatic rings. The average molecular weight is 174 g/mol. The Labute approximate surface area is 72.5 Å². The maximum atomic E-state index is 5.56. The van der Waals surface area contributed by atoms with Crippen molar-refractivity contribution in [1.29, 1.82) is 0 Å². The lowest BCUT2D eigenvalue weighted by atomic mass is 10.3. The van der Waals surface area contributed by atoms with E-state index in [2.05, 4.69) is 9.97 Å². The third kappa shape index (κ3) is 2.82. The van der Waals surface area contributed by atoms with Crippen molar-refractivity contribution in [3.05, 3.63) is 23.8 Å². The number of rotatable bonds is 1. The Morgan fingerprint density at radius 2 is 2.00 bits per heavy atom. The van der Waals surface area contributed by atoms with Crippen LogP contribution in [0.5, 0.6) is 0 Å². The van der Waals surface area contributed by atoms with Gasteiger partial charge < -0.3 is 5.73 Å². The molecule has 0 aliphatic carbocycles. The first-order valence-electron chi connectivity index (χ1n) is 3.24. The van der Waals surface area contributed by atoms with Gasteiger partial charge in [-0.2, -0.15) is 0 Å². The van der Waals surface area contributed by atoms with Crippen molar-refractivity contribution in [3.63, 3.8) is 0 Å². The Morgan fingerprint density at radius 1 is 1.36 bits per heavy atom. The lowest BCUT2D eigenvalue weighted by Crippen LogP contribution is -2.07. The van der Waals surface area contributed by atoms with Gasteiger partial charge in [-0.1, -0.05) is 0 Å². The molecule has 0 aromatic carbocycles. The van der Waals surface area contributed by atoms with Crippen molar-refractivity contribution in [2.75, 3.05) is 0 Å². The van der Waals surface area contributed by atoms with E-state index in [0.29, 0.717) is 0 Å². The molecule has 0 saturated carbocycles. The van der Waals surface area contributed by atoms with Gasteiger partial charge in [0.15, 0.2) is 0 Å². The summed E-state index contributed by atoms with van der Waals surface area (Å²) in [5.41, 5.74) is 7.32. The molecule has 0 spiro atoms. The third-order valence-electron chi connectivity index (χ3n) is 1.27. The van der Waals surface area contributed by atoms with Crippen molar-refractivity contribution >= 4 is 12.4 Å². The minimum absolute atomic E-state index is 0. The highest BCUT2D eigenvalue weighted by atomic mass is 35.5. The monoisotopic (exact) mass is 173 g/mol. The molecular weight excluding hydrogens is 162 g/mol. The van der Waals surface area contributed by atoms with E-state index in [4.69, 9.17) is 5.73 Å². The Balaban J connectivity index is 0.000001000. The first-order valence-corrected chi connectivity index (χ1v) is 3.24. The molecule has 1 rings (SSSR count). The standard InChI is InChI=1S/C7H11N3.ClH/c1-5-3-10-7(4-9-5)6(2)8;/h3-4,6H,8H2,1-2H3;1H/t6-;/m1./s1. The van der Waals surface area contributed by atoms with Crippen LogP contribution in [0.4, 0.5) is 0 Å². The first kappa shape index (κ1) is 10.3. The molecule has 0 fully saturated rings. The molecule has 1 heterocycles. The van der Waals surface area contributed by atoms with Gasteiger partial charge in [-0.15, -0.1) is 12.4 Å². The number of nitrogens with two attached hydrogens (primary N) is 1. The minimum atomic E-state index is -0.0203. The van der Waals surface area contributed by atoms with Crippen molar-refractivity contribution < 1.29 is 0 Å². The van der Waals surface area contributed by atoms with E-state index in [0.717, 1.165) is 11.4 Å². The molecule has 1 aromatic rings. The Kier molecular flexibility index (Phi) is 4.00. The molecule has 0 aliphatic heterocycles. The summed E-state index contributed by atoms with van der Waals surface area (Å²) in [7, 11) is 0. The maximum Gasteiger partial charge on any atom is 0.0751 e. The summed E-state index contributed by atoms with van der Waals surface area (Å²) >= 11 is 0.